The molecular formula is C17H17F2NO. The molecule has 2 aromatic carbocycles. The Kier molecular flexibility index (Phi) is 3.64. The largest absolute Gasteiger partial charge is 0.388 e. The summed E-state index contributed by atoms with van der Waals surface area (Å²) in [6.45, 7) is 0.984. The zero-order valence-corrected chi connectivity index (χ0v) is 11.8. The summed E-state index contributed by atoms with van der Waals surface area (Å²) in [7, 11) is 2.04. The van der Waals surface area contributed by atoms with E-state index in [1.54, 1.807) is 0 Å². The number of anilines is 1. The Hall–Kier alpha value is -1.94. The first-order valence-corrected chi connectivity index (χ1v) is 7.00. The van der Waals surface area contributed by atoms with Crippen molar-refractivity contribution in [1.29, 1.82) is 0 Å². The first-order valence-electron chi connectivity index (χ1n) is 7.00. The molecule has 2 nitrogen and oxygen atoms in total. The van der Waals surface area contributed by atoms with E-state index in [1.807, 2.05) is 25.2 Å². The third kappa shape index (κ3) is 2.76. The molecule has 110 valence electrons. The van der Waals surface area contributed by atoms with Gasteiger partial charge in [0.1, 0.15) is 0 Å². The van der Waals surface area contributed by atoms with Crippen LogP contribution in [0.1, 0.15) is 22.8 Å². The molecule has 1 N–H and O–H groups in total. The summed E-state index contributed by atoms with van der Waals surface area (Å²) in [5.41, 5.74) is 3.81. The molecule has 0 saturated heterocycles. The number of aliphatic hydroxyl groups is 1. The molecule has 0 fully saturated rings. The Morgan fingerprint density at radius 3 is 2.71 bits per heavy atom. The standard InChI is InChI=1S/C17H17F2NO/c1-20-7-6-12-10-13(3-5-16(12)20)17(21)9-11-2-4-14(18)15(19)8-11/h2-5,8,10,17,21H,6-7,9H2,1H3. The van der Waals surface area contributed by atoms with E-state index in [1.165, 1.54) is 17.3 Å². The quantitative estimate of drug-likeness (QED) is 0.937. The molecule has 0 radical (unpaired) electrons. The van der Waals surface area contributed by atoms with E-state index in [0.29, 0.717) is 5.56 Å². The van der Waals surface area contributed by atoms with Gasteiger partial charge < -0.3 is 10.0 Å². The second-order valence-electron chi connectivity index (χ2n) is 5.53. The van der Waals surface area contributed by atoms with Gasteiger partial charge in [-0.2, -0.15) is 0 Å². The number of likely N-dealkylation sites (N-methyl/N-ethyl adjacent to an activating group) is 1. The molecule has 1 unspecified atom stereocenters. The number of hydrogen-bond acceptors (Lipinski definition) is 2. The van der Waals surface area contributed by atoms with Crippen molar-refractivity contribution in [3.8, 4) is 0 Å². The zero-order chi connectivity index (χ0) is 15.0. The third-order valence-corrected chi connectivity index (χ3v) is 4.03. The summed E-state index contributed by atoms with van der Waals surface area (Å²) in [5, 5.41) is 10.3. The van der Waals surface area contributed by atoms with Crippen LogP contribution < -0.4 is 4.90 Å². The number of aliphatic hydroxyl groups excluding tert-OH is 1. The lowest BCUT2D eigenvalue weighted by Gasteiger charge is -2.15. The van der Waals surface area contributed by atoms with Crippen LogP contribution in [0.2, 0.25) is 0 Å². The molecule has 0 aromatic heterocycles. The van der Waals surface area contributed by atoms with Crippen LogP contribution in [-0.4, -0.2) is 18.7 Å². The monoisotopic (exact) mass is 289 g/mol. The van der Waals surface area contributed by atoms with Crippen LogP contribution in [0.25, 0.3) is 0 Å². The Labute approximate surface area is 122 Å². The van der Waals surface area contributed by atoms with Gasteiger partial charge in [-0.05, 0) is 41.3 Å². The summed E-state index contributed by atoms with van der Waals surface area (Å²) in [4.78, 5) is 2.18. The van der Waals surface area contributed by atoms with E-state index in [0.717, 1.165) is 30.7 Å². The van der Waals surface area contributed by atoms with E-state index in [-0.39, 0.29) is 6.42 Å². The van der Waals surface area contributed by atoms with Crippen LogP contribution in [0.4, 0.5) is 14.5 Å². The van der Waals surface area contributed by atoms with Crippen molar-refractivity contribution >= 4 is 5.69 Å². The van der Waals surface area contributed by atoms with Crippen molar-refractivity contribution in [2.24, 2.45) is 0 Å². The van der Waals surface area contributed by atoms with Crippen LogP contribution in [-0.2, 0) is 12.8 Å². The highest BCUT2D eigenvalue weighted by molar-refractivity contribution is 5.58. The lowest BCUT2D eigenvalue weighted by molar-refractivity contribution is 0.178. The maximum Gasteiger partial charge on any atom is 0.159 e. The lowest BCUT2D eigenvalue weighted by Crippen LogP contribution is -2.12. The number of nitrogens with zero attached hydrogens (tertiary/aromatic N) is 1. The molecular weight excluding hydrogens is 272 g/mol. The van der Waals surface area contributed by atoms with Gasteiger partial charge in [0.15, 0.2) is 11.6 Å². The van der Waals surface area contributed by atoms with Crippen LogP contribution in [0, 0.1) is 11.6 Å². The molecule has 3 rings (SSSR count). The molecule has 4 heteroatoms. The number of rotatable bonds is 3. The summed E-state index contributed by atoms with van der Waals surface area (Å²) < 4.78 is 26.1. The molecule has 2 aromatic rings. The minimum absolute atomic E-state index is 0.270. The fourth-order valence-electron chi connectivity index (χ4n) is 2.80. The van der Waals surface area contributed by atoms with E-state index in [4.69, 9.17) is 0 Å². The first-order chi connectivity index (χ1) is 10.0. The van der Waals surface area contributed by atoms with Gasteiger partial charge >= 0.3 is 0 Å². The summed E-state index contributed by atoms with van der Waals surface area (Å²) in [5.74, 6) is -1.75. The Bertz CT molecular complexity index is 672. The van der Waals surface area contributed by atoms with Crippen molar-refractivity contribution < 1.29 is 13.9 Å². The van der Waals surface area contributed by atoms with Gasteiger partial charge in [0, 0.05) is 25.7 Å². The van der Waals surface area contributed by atoms with Crippen LogP contribution in [0.15, 0.2) is 36.4 Å². The van der Waals surface area contributed by atoms with E-state index >= 15 is 0 Å². The summed E-state index contributed by atoms with van der Waals surface area (Å²) in [6.07, 6.45) is 0.523. The second-order valence-corrected chi connectivity index (χ2v) is 5.53. The van der Waals surface area contributed by atoms with Gasteiger partial charge in [0.05, 0.1) is 6.10 Å². The van der Waals surface area contributed by atoms with Gasteiger partial charge in [-0.15, -0.1) is 0 Å². The molecule has 1 aliphatic rings. The number of fused-ring (bicyclic) bond motifs is 1. The summed E-state index contributed by atoms with van der Waals surface area (Å²) in [6, 6.07) is 9.64. The number of benzene rings is 2. The molecule has 0 bridgehead atoms. The molecule has 0 aliphatic carbocycles. The van der Waals surface area contributed by atoms with Gasteiger partial charge in [-0.1, -0.05) is 18.2 Å². The minimum Gasteiger partial charge on any atom is -0.388 e. The van der Waals surface area contributed by atoms with Crippen molar-refractivity contribution in [3.63, 3.8) is 0 Å². The van der Waals surface area contributed by atoms with Crippen molar-refractivity contribution in [3.05, 3.63) is 64.7 Å². The van der Waals surface area contributed by atoms with Crippen molar-refractivity contribution in [1.82, 2.24) is 0 Å². The highest BCUT2D eigenvalue weighted by Gasteiger charge is 2.18. The summed E-state index contributed by atoms with van der Waals surface area (Å²) >= 11 is 0. The Morgan fingerprint density at radius 1 is 1.14 bits per heavy atom. The number of hydrogen-bond donors (Lipinski definition) is 1. The van der Waals surface area contributed by atoms with Gasteiger partial charge in [-0.25, -0.2) is 8.78 Å². The molecule has 1 heterocycles. The minimum atomic E-state index is -0.879. The second kappa shape index (κ2) is 5.45. The Morgan fingerprint density at radius 2 is 1.95 bits per heavy atom. The van der Waals surface area contributed by atoms with E-state index in [2.05, 4.69) is 4.90 Å². The van der Waals surface area contributed by atoms with Crippen LogP contribution in [0.3, 0.4) is 0 Å². The van der Waals surface area contributed by atoms with Crippen molar-refractivity contribution in [2.45, 2.75) is 18.9 Å². The highest BCUT2D eigenvalue weighted by atomic mass is 19.2. The molecule has 21 heavy (non-hydrogen) atoms. The van der Waals surface area contributed by atoms with E-state index in [9.17, 15) is 13.9 Å². The maximum absolute atomic E-state index is 13.2. The molecule has 0 saturated carbocycles. The lowest BCUT2D eigenvalue weighted by atomic mass is 9.99. The fraction of sp³-hybridized carbons (Fsp3) is 0.294. The van der Waals surface area contributed by atoms with E-state index < -0.39 is 17.7 Å². The average Bonchev–Trinajstić information content (AvgIpc) is 2.84. The maximum atomic E-state index is 13.2. The fourth-order valence-corrected chi connectivity index (χ4v) is 2.80. The Balaban J connectivity index is 1.79. The van der Waals surface area contributed by atoms with Gasteiger partial charge in [-0.3, -0.25) is 0 Å². The molecule has 0 amide bonds. The van der Waals surface area contributed by atoms with Crippen LogP contribution in [0.5, 0.6) is 0 Å². The third-order valence-electron chi connectivity index (χ3n) is 4.03. The molecule has 1 atom stereocenters. The SMILES string of the molecule is CN1CCc2cc(C(O)Cc3ccc(F)c(F)c3)ccc21. The van der Waals surface area contributed by atoms with Crippen LogP contribution >= 0.6 is 0 Å². The highest BCUT2D eigenvalue weighted by Crippen LogP contribution is 2.30. The van der Waals surface area contributed by atoms with Gasteiger partial charge in [0.2, 0.25) is 0 Å². The smallest absolute Gasteiger partial charge is 0.159 e. The number of halogens is 2. The van der Waals surface area contributed by atoms with Gasteiger partial charge in [0.25, 0.3) is 0 Å². The molecule has 1 aliphatic heterocycles. The normalized spacial score (nSPS) is 15.1. The molecule has 0 spiro atoms. The van der Waals surface area contributed by atoms with Crippen molar-refractivity contribution in [2.75, 3.05) is 18.5 Å². The predicted molar refractivity (Wildman–Crippen MR) is 78.4 cm³/mol. The predicted octanol–water partition coefficient (Wildman–Crippen LogP) is 3.23. The first kappa shape index (κ1) is 14.0. The zero-order valence-electron chi connectivity index (χ0n) is 11.8. The topological polar surface area (TPSA) is 23.5 Å². The average molecular weight is 289 g/mol.